The molecule has 1 aliphatic rings. The maximum absolute atomic E-state index is 7.06. The van der Waals surface area contributed by atoms with E-state index >= 15 is 0 Å². The zero-order valence-electron chi connectivity index (χ0n) is 17.7. The minimum atomic E-state index is -1.87. The largest absolute Gasteiger partial charge is 0.414 e. The van der Waals surface area contributed by atoms with Crippen LogP contribution in [-0.2, 0) is 9.16 Å². The van der Waals surface area contributed by atoms with Crippen molar-refractivity contribution < 1.29 is 9.16 Å². The average Bonchev–Trinajstić information content (AvgIpc) is 3.30. The van der Waals surface area contributed by atoms with E-state index in [1.54, 1.807) is 0 Å². The number of nitrogens with zero attached hydrogens (tertiary/aromatic N) is 2. The molecule has 0 radical (unpaired) electrons. The van der Waals surface area contributed by atoms with Gasteiger partial charge in [0.1, 0.15) is 0 Å². The summed E-state index contributed by atoms with van der Waals surface area (Å²) in [6, 6.07) is 2.48. The normalized spacial score (nSPS) is 18.9. The fourth-order valence-electron chi connectivity index (χ4n) is 3.56. The van der Waals surface area contributed by atoms with E-state index in [9.17, 15) is 0 Å². The Hall–Kier alpha value is -0.223. The molecule has 0 saturated carbocycles. The standard InChI is InChI=1S/C21H33IN2O2SSi/c1-21(2,3)28(4,5)26-19(16-6-11-25-12-7-16)14-18(24-10-9-23-15-24)20-17(22)8-13-27-20/h8-10,13,15-16,18-19H,6-7,11-12,14H2,1-5H3. The highest BCUT2D eigenvalue weighted by Gasteiger charge is 2.42. The molecule has 4 nitrogen and oxygen atoms in total. The third kappa shape index (κ3) is 5.27. The van der Waals surface area contributed by atoms with Crippen LogP contribution in [0.25, 0.3) is 0 Å². The van der Waals surface area contributed by atoms with Crippen molar-refractivity contribution in [2.75, 3.05) is 13.2 Å². The van der Waals surface area contributed by atoms with Crippen LogP contribution in [-0.4, -0.2) is 37.2 Å². The molecule has 0 N–H and O–H groups in total. The molecule has 0 bridgehead atoms. The lowest BCUT2D eigenvalue weighted by Gasteiger charge is -2.43. The number of imidazole rings is 1. The Morgan fingerprint density at radius 3 is 2.61 bits per heavy atom. The van der Waals surface area contributed by atoms with E-state index in [2.05, 4.69) is 83.7 Å². The molecule has 2 unspecified atom stereocenters. The fourth-order valence-corrected chi connectivity index (χ4v) is 7.03. The van der Waals surface area contributed by atoms with Crippen molar-refractivity contribution in [2.45, 2.75) is 70.3 Å². The van der Waals surface area contributed by atoms with Gasteiger partial charge in [-0.15, -0.1) is 11.3 Å². The van der Waals surface area contributed by atoms with Crippen LogP contribution in [0.3, 0.4) is 0 Å². The Bertz CT molecular complexity index is 736. The fraction of sp³-hybridized carbons (Fsp3) is 0.667. The first kappa shape index (κ1) is 22.5. The zero-order valence-corrected chi connectivity index (χ0v) is 21.6. The Kier molecular flexibility index (Phi) is 7.45. The highest BCUT2D eigenvalue weighted by Crippen LogP contribution is 2.42. The SMILES string of the molecule is CC(C)(C)[Si](C)(C)OC(CC(c1sccc1I)n1ccnc1)C1CCOCC1. The van der Waals surface area contributed by atoms with E-state index in [1.165, 1.54) is 8.45 Å². The zero-order chi connectivity index (χ0) is 20.4. The summed E-state index contributed by atoms with van der Waals surface area (Å²) in [5.41, 5.74) is 0. The van der Waals surface area contributed by atoms with Crippen molar-refractivity contribution in [2.24, 2.45) is 5.92 Å². The van der Waals surface area contributed by atoms with Crippen LogP contribution >= 0.6 is 33.9 Å². The average molecular weight is 533 g/mol. The molecule has 3 heterocycles. The summed E-state index contributed by atoms with van der Waals surface area (Å²) in [7, 11) is -1.87. The monoisotopic (exact) mass is 532 g/mol. The Balaban J connectivity index is 1.90. The molecule has 7 heteroatoms. The lowest BCUT2D eigenvalue weighted by atomic mass is 9.89. The molecular weight excluding hydrogens is 499 g/mol. The van der Waals surface area contributed by atoms with Gasteiger partial charge in [0.05, 0.1) is 18.5 Å². The summed E-state index contributed by atoms with van der Waals surface area (Å²) in [5.74, 6) is 0.562. The molecular formula is C21H33IN2O2SSi. The summed E-state index contributed by atoms with van der Waals surface area (Å²) in [6.45, 7) is 13.4. The maximum Gasteiger partial charge on any atom is 0.192 e. The topological polar surface area (TPSA) is 36.3 Å². The van der Waals surface area contributed by atoms with Crippen molar-refractivity contribution in [1.29, 1.82) is 0 Å². The number of thiophene rings is 1. The van der Waals surface area contributed by atoms with Gasteiger partial charge in [-0.25, -0.2) is 4.98 Å². The first-order valence-corrected chi connectivity index (χ1v) is 15.0. The number of rotatable bonds is 7. The van der Waals surface area contributed by atoms with Gasteiger partial charge in [0.2, 0.25) is 0 Å². The Morgan fingerprint density at radius 2 is 2.07 bits per heavy atom. The number of hydrogen-bond acceptors (Lipinski definition) is 4. The molecule has 0 aliphatic carbocycles. The van der Waals surface area contributed by atoms with E-state index in [4.69, 9.17) is 9.16 Å². The van der Waals surface area contributed by atoms with Crippen molar-refractivity contribution in [3.63, 3.8) is 0 Å². The second-order valence-corrected chi connectivity index (χ2v) is 16.1. The molecule has 0 spiro atoms. The van der Waals surface area contributed by atoms with Crippen LogP contribution < -0.4 is 0 Å². The van der Waals surface area contributed by atoms with Gasteiger partial charge in [-0.2, -0.15) is 0 Å². The van der Waals surface area contributed by atoms with Crippen molar-refractivity contribution in [1.82, 2.24) is 9.55 Å². The second kappa shape index (κ2) is 9.28. The quantitative estimate of drug-likeness (QED) is 0.308. The number of hydrogen-bond donors (Lipinski definition) is 0. The summed E-state index contributed by atoms with van der Waals surface area (Å²) in [6.07, 6.45) is 9.35. The molecule has 1 aliphatic heterocycles. The van der Waals surface area contributed by atoms with Crippen molar-refractivity contribution >= 4 is 42.2 Å². The van der Waals surface area contributed by atoms with Crippen LogP contribution in [0.1, 0.15) is 51.0 Å². The highest BCUT2D eigenvalue weighted by molar-refractivity contribution is 14.1. The molecule has 0 amide bonds. The molecule has 0 aromatic carbocycles. The smallest absolute Gasteiger partial charge is 0.192 e. The predicted molar refractivity (Wildman–Crippen MR) is 128 cm³/mol. The molecule has 28 heavy (non-hydrogen) atoms. The Morgan fingerprint density at radius 1 is 1.36 bits per heavy atom. The minimum Gasteiger partial charge on any atom is -0.414 e. The summed E-state index contributed by atoms with van der Waals surface area (Å²) >= 11 is 4.31. The lowest BCUT2D eigenvalue weighted by molar-refractivity contribution is 0.00657. The van der Waals surface area contributed by atoms with E-state index in [0.29, 0.717) is 5.92 Å². The van der Waals surface area contributed by atoms with Crippen LogP contribution in [0.15, 0.2) is 30.2 Å². The van der Waals surface area contributed by atoms with Gasteiger partial charge in [0.25, 0.3) is 0 Å². The lowest BCUT2D eigenvalue weighted by Crippen LogP contribution is -2.47. The third-order valence-corrected chi connectivity index (χ3v) is 13.2. The van der Waals surface area contributed by atoms with E-state index < -0.39 is 8.32 Å². The van der Waals surface area contributed by atoms with Gasteiger partial charge >= 0.3 is 0 Å². The first-order chi connectivity index (χ1) is 13.2. The third-order valence-electron chi connectivity index (χ3n) is 6.33. The maximum atomic E-state index is 7.06. The number of halogens is 1. The predicted octanol–water partition coefficient (Wildman–Crippen LogP) is 6.35. The van der Waals surface area contributed by atoms with Gasteiger partial charge in [-0.05, 0) is 77.3 Å². The van der Waals surface area contributed by atoms with E-state index in [1.807, 2.05) is 23.9 Å². The van der Waals surface area contributed by atoms with E-state index in [0.717, 1.165) is 32.5 Å². The molecule has 3 rings (SSSR count). The number of ether oxygens (including phenoxy) is 1. The Labute approximate surface area is 188 Å². The van der Waals surface area contributed by atoms with Crippen LogP contribution in [0.5, 0.6) is 0 Å². The van der Waals surface area contributed by atoms with Crippen molar-refractivity contribution in [3.05, 3.63) is 38.6 Å². The minimum absolute atomic E-state index is 0.207. The van der Waals surface area contributed by atoms with E-state index in [-0.39, 0.29) is 17.2 Å². The molecule has 2 aromatic heterocycles. The molecule has 156 valence electrons. The highest BCUT2D eigenvalue weighted by atomic mass is 127. The first-order valence-electron chi connectivity index (χ1n) is 10.1. The van der Waals surface area contributed by atoms with Crippen molar-refractivity contribution in [3.8, 4) is 0 Å². The number of aromatic nitrogens is 2. The van der Waals surface area contributed by atoms with Crippen LogP contribution in [0.4, 0.5) is 0 Å². The molecule has 1 fully saturated rings. The van der Waals surface area contributed by atoms with Gasteiger partial charge in [-0.3, -0.25) is 0 Å². The summed E-state index contributed by atoms with van der Waals surface area (Å²) < 4.78 is 16.3. The van der Waals surface area contributed by atoms with Gasteiger partial charge in [-0.1, -0.05) is 20.8 Å². The van der Waals surface area contributed by atoms with Gasteiger partial charge in [0.15, 0.2) is 8.32 Å². The summed E-state index contributed by atoms with van der Waals surface area (Å²) in [4.78, 5) is 5.74. The molecule has 2 aromatic rings. The second-order valence-electron chi connectivity index (χ2n) is 9.26. The molecule has 1 saturated heterocycles. The van der Waals surface area contributed by atoms with Crippen LogP contribution in [0.2, 0.25) is 18.1 Å². The van der Waals surface area contributed by atoms with Gasteiger partial charge < -0.3 is 13.7 Å². The van der Waals surface area contributed by atoms with Crippen LogP contribution in [0, 0.1) is 9.49 Å². The molecule has 2 atom stereocenters. The van der Waals surface area contributed by atoms with Gasteiger partial charge in [0, 0.05) is 34.1 Å². The summed E-state index contributed by atoms with van der Waals surface area (Å²) in [5, 5.41) is 2.40.